The van der Waals surface area contributed by atoms with E-state index >= 15 is 0 Å². The number of hydrogen-bond acceptors (Lipinski definition) is 4. The molecule has 0 spiro atoms. The highest BCUT2D eigenvalue weighted by atomic mass is 32.2. The smallest absolute Gasteiger partial charge is 0.316 e. The molecule has 7 heteroatoms. The predicted octanol–water partition coefficient (Wildman–Crippen LogP) is 2.54. The Kier molecular flexibility index (Phi) is 3.75. The summed E-state index contributed by atoms with van der Waals surface area (Å²) >= 11 is 0. The molecule has 0 heterocycles. The van der Waals surface area contributed by atoms with Gasteiger partial charge in [0.2, 0.25) is 0 Å². The lowest BCUT2D eigenvalue weighted by molar-refractivity contribution is -0.148. The number of carboxylic acids is 1. The van der Waals surface area contributed by atoms with Crippen molar-refractivity contribution in [3.05, 3.63) is 29.8 Å². The number of hydrazone groups is 1. The maximum Gasteiger partial charge on any atom is 0.316 e. The van der Waals surface area contributed by atoms with Crippen molar-refractivity contribution in [2.75, 3.05) is 0 Å². The van der Waals surface area contributed by atoms with Crippen molar-refractivity contribution in [1.29, 1.82) is 0 Å². The van der Waals surface area contributed by atoms with E-state index in [9.17, 15) is 18.3 Å². The predicted molar refractivity (Wildman–Crippen MR) is 90.1 cm³/mol. The van der Waals surface area contributed by atoms with E-state index in [1.807, 2.05) is 20.8 Å². The van der Waals surface area contributed by atoms with Gasteiger partial charge in [0, 0.05) is 0 Å². The quantitative estimate of drug-likeness (QED) is 0.816. The second-order valence-electron chi connectivity index (χ2n) is 7.34. The summed E-state index contributed by atoms with van der Waals surface area (Å²) in [7, 11) is -3.80. The Balaban J connectivity index is 1.92. The first-order chi connectivity index (χ1) is 11.1. The van der Waals surface area contributed by atoms with Gasteiger partial charge in [-0.05, 0) is 49.7 Å². The molecule has 2 aliphatic carbocycles. The topological polar surface area (TPSA) is 95.8 Å². The number of aryl methyl sites for hydroxylation is 1. The number of rotatable bonds is 4. The van der Waals surface area contributed by atoms with Crippen LogP contribution in [0, 0.1) is 23.7 Å². The molecule has 2 N–H and O–H groups in total. The summed E-state index contributed by atoms with van der Waals surface area (Å²) in [6, 6.07) is 6.44. The molecule has 2 fully saturated rings. The van der Waals surface area contributed by atoms with Gasteiger partial charge in [0.1, 0.15) is 5.41 Å². The Morgan fingerprint density at radius 2 is 1.92 bits per heavy atom. The van der Waals surface area contributed by atoms with Gasteiger partial charge < -0.3 is 5.11 Å². The molecule has 2 unspecified atom stereocenters. The van der Waals surface area contributed by atoms with Gasteiger partial charge in [0.25, 0.3) is 10.0 Å². The molecule has 0 aromatic heterocycles. The van der Waals surface area contributed by atoms with E-state index in [1.165, 1.54) is 12.1 Å². The molecule has 1 aromatic carbocycles. The number of sulfonamides is 1. The number of benzene rings is 1. The van der Waals surface area contributed by atoms with Crippen LogP contribution < -0.4 is 4.83 Å². The minimum atomic E-state index is -3.80. The fraction of sp³-hybridized carbons (Fsp3) is 0.529. The number of carbonyl (C=O) groups is 1. The van der Waals surface area contributed by atoms with Crippen molar-refractivity contribution < 1.29 is 18.3 Å². The van der Waals surface area contributed by atoms with E-state index in [1.54, 1.807) is 12.1 Å². The maximum absolute atomic E-state index is 12.4. The minimum absolute atomic E-state index is 0.115. The zero-order valence-corrected chi connectivity index (χ0v) is 14.9. The molecule has 2 aliphatic rings. The summed E-state index contributed by atoms with van der Waals surface area (Å²) in [5, 5.41) is 13.9. The molecule has 0 saturated heterocycles. The van der Waals surface area contributed by atoms with Crippen LogP contribution in [-0.2, 0) is 14.8 Å². The molecular formula is C17H22N2O4S. The van der Waals surface area contributed by atoms with Crippen LogP contribution in [0.4, 0.5) is 0 Å². The molecule has 2 atom stereocenters. The van der Waals surface area contributed by atoms with Crippen LogP contribution in [-0.4, -0.2) is 25.2 Å². The van der Waals surface area contributed by atoms with E-state index < -0.39 is 26.8 Å². The Hall–Kier alpha value is -1.89. The minimum Gasteiger partial charge on any atom is -0.481 e. The van der Waals surface area contributed by atoms with Crippen molar-refractivity contribution in [2.45, 2.75) is 44.9 Å². The first-order valence-corrected chi connectivity index (χ1v) is 9.48. The SMILES string of the molecule is Cc1ccc(S(=O)(=O)N/N=C2\CC3CCC2(C(=O)O)C3(C)C)cc1. The van der Waals surface area contributed by atoms with Gasteiger partial charge in [0.15, 0.2) is 0 Å². The van der Waals surface area contributed by atoms with Crippen molar-refractivity contribution in [2.24, 2.45) is 21.8 Å². The highest BCUT2D eigenvalue weighted by Gasteiger charge is 2.67. The average molecular weight is 350 g/mol. The molecule has 3 rings (SSSR count). The third-order valence-corrected chi connectivity index (χ3v) is 7.14. The molecule has 6 nitrogen and oxygen atoms in total. The number of nitrogens with one attached hydrogen (secondary N) is 1. The zero-order chi connectivity index (χ0) is 17.8. The molecule has 0 amide bonds. The lowest BCUT2D eigenvalue weighted by atomic mass is 9.69. The van der Waals surface area contributed by atoms with Gasteiger partial charge in [0.05, 0.1) is 10.6 Å². The molecule has 2 bridgehead atoms. The number of carboxylic acid groups (broad SMARTS) is 1. The molecule has 2 saturated carbocycles. The second-order valence-corrected chi connectivity index (χ2v) is 9.00. The summed E-state index contributed by atoms with van der Waals surface area (Å²) in [6.07, 6.45) is 1.86. The van der Waals surface area contributed by atoms with Gasteiger partial charge >= 0.3 is 5.97 Å². The van der Waals surface area contributed by atoms with Gasteiger partial charge in [-0.25, -0.2) is 4.83 Å². The summed E-state index contributed by atoms with van der Waals surface area (Å²) in [4.78, 5) is 14.3. The van der Waals surface area contributed by atoms with E-state index in [0.717, 1.165) is 12.0 Å². The van der Waals surface area contributed by atoms with E-state index in [0.29, 0.717) is 18.6 Å². The number of fused-ring (bicyclic) bond motifs is 2. The second kappa shape index (κ2) is 5.31. The third kappa shape index (κ3) is 2.25. The summed E-state index contributed by atoms with van der Waals surface area (Å²) in [5.41, 5.74) is -0.104. The van der Waals surface area contributed by atoms with Crippen molar-refractivity contribution in [3.8, 4) is 0 Å². The van der Waals surface area contributed by atoms with Crippen molar-refractivity contribution in [1.82, 2.24) is 4.83 Å². The Bertz CT molecular complexity index is 811. The van der Waals surface area contributed by atoms with E-state index in [4.69, 9.17) is 0 Å². The highest BCUT2D eigenvalue weighted by Crippen LogP contribution is 2.64. The molecule has 0 aliphatic heterocycles. The van der Waals surface area contributed by atoms with Crippen molar-refractivity contribution >= 4 is 21.7 Å². The lowest BCUT2D eigenvalue weighted by Crippen LogP contribution is -2.44. The van der Waals surface area contributed by atoms with E-state index in [-0.39, 0.29) is 10.8 Å². The molecular weight excluding hydrogens is 328 g/mol. The van der Waals surface area contributed by atoms with Gasteiger partial charge in [-0.1, -0.05) is 31.5 Å². The van der Waals surface area contributed by atoms with E-state index in [2.05, 4.69) is 9.93 Å². The summed E-state index contributed by atoms with van der Waals surface area (Å²) in [6.45, 7) is 5.75. The van der Waals surface area contributed by atoms with Gasteiger partial charge in [-0.15, -0.1) is 0 Å². The largest absolute Gasteiger partial charge is 0.481 e. The molecule has 130 valence electrons. The first kappa shape index (κ1) is 17.0. The molecule has 24 heavy (non-hydrogen) atoms. The normalized spacial score (nSPS) is 29.8. The van der Waals surface area contributed by atoms with Crippen LogP contribution in [0.2, 0.25) is 0 Å². The number of nitrogens with zero attached hydrogens (tertiary/aromatic N) is 1. The highest BCUT2D eigenvalue weighted by molar-refractivity contribution is 7.89. The fourth-order valence-corrected chi connectivity index (χ4v) is 5.07. The first-order valence-electron chi connectivity index (χ1n) is 8.00. The van der Waals surface area contributed by atoms with Crippen LogP contribution in [0.25, 0.3) is 0 Å². The maximum atomic E-state index is 12.4. The van der Waals surface area contributed by atoms with Crippen LogP contribution in [0.1, 0.15) is 38.7 Å². The van der Waals surface area contributed by atoms with Crippen LogP contribution in [0.15, 0.2) is 34.3 Å². The number of aliphatic carboxylic acids is 1. The van der Waals surface area contributed by atoms with Crippen LogP contribution >= 0.6 is 0 Å². The van der Waals surface area contributed by atoms with Crippen molar-refractivity contribution in [3.63, 3.8) is 0 Å². The Labute approximate surface area is 142 Å². The van der Waals surface area contributed by atoms with Crippen LogP contribution in [0.3, 0.4) is 0 Å². The summed E-state index contributed by atoms with van der Waals surface area (Å²) in [5.74, 6) is -0.697. The standard InChI is InChI=1S/C17H22N2O4S/c1-11-4-6-13(7-5-11)24(22,23)19-18-14-10-12-8-9-17(14,15(20)21)16(12,2)3/h4-7,12,19H,8-10H2,1-3H3,(H,20,21)/b18-14+. The monoisotopic (exact) mass is 350 g/mol. The molecule has 0 radical (unpaired) electrons. The number of hydrogen-bond donors (Lipinski definition) is 2. The lowest BCUT2D eigenvalue weighted by Gasteiger charge is -2.33. The van der Waals surface area contributed by atoms with Gasteiger partial charge in [-0.2, -0.15) is 13.5 Å². The Morgan fingerprint density at radius 3 is 2.46 bits per heavy atom. The summed E-state index contributed by atoms with van der Waals surface area (Å²) < 4.78 is 24.8. The zero-order valence-electron chi connectivity index (χ0n) is 14.0. The van der Waals surface area contributed by atoms with Crippen LogP contribution in [0.5, 0.6) is 0 Å². The molecule has 1 aromatic rings. The third-order valence-electron chi connectivity index (χ3n) is 5.92. The average Bonchev–Trinajstić information content (AvgIpc) is 2.90. The fourth-order valence-electron chi connectivity index (χ4n) is 4.24. The van der Waals surface area contributed by atoms with Gasteiger partial charge in [-0.3, -0.25) is 4.79 Å². The Morgan fingerprint density at radius 1 is 1.29 bits per heavy atom.